The van der Waals surface area contributed by atoms with Crippen LogP contribution in [0.4, 0.5) is 0 Å². The van der Waals surface area contributed by atoms with Crippen LogP contribution in [-0.2, 0) is 4.43 Å². The van der Waals surface area contributed by atoms with Crippen LogP contribution < -0.4 is 15.6 Å². The fraction of sp³-hybridized carbons (Fsp3) is 0.514. The van der Waals surface area contributed by atoms with Crippen molar-refractivity contribution in [2.24, 2.45) is 34.5 Å². The molecule has 3 aromatic carbocycles. The third-order valence-electron chi connectivity index (χ3n) is 12.5. The van der Waals surface area contributed by atoms with Crippen LogP contribution in [0, 0.1) is 34.5 Å². The molecule has 4 fully saturated rings. The summed E-state index contributed by atoms with van der Waals surface area (Å²) in [4.78, 5) is 0. The van der Waals surface area contributed by atoms with E-state index in [1.807, 2.05) is 0 Å². The molecule has 2 nitrogen and oxygen atoms in total. The van der Waals surface area contributed by atoms with Crippen molar-refractivity contribution in [1.82, 2.24) is 0 Å². The molecule has 3 aromatic rings. The van der Waals surface area contributed by atoms with Crippen LogP contribution in [0.5, 0.6) is 0 Å². The van der Waals surface area contributed by atoms with Gasteiger partial charge in [0.15, 0.2) is 0 Å². The summed E-state index contributed by atoms with van der Waals surface area (Å²) >= 11 is 0. The van der Waals surface area contributed by atoms with Gasteiger partial charge in [0.25, 0.3) is 8.32 Å². The molecule has 210 valence electrons. The number of fused-ring (bicyclic) bond motifs is 5. The Balaban J connectivity index is 1.21. The monoisotopic (exact) mass is 550 g/mol. The van der Waals surface area contributed by atoms with E-state index >= 15 is 0 Å². The summed E-state index contributed by atoms with van der Waals surface area (Å²) in [7, 11) is -2.69. The number of benzene rings is 3. The van der Waals surface area contributed by atoms with Crippen LogP contribution in [0.15, 0.2) is 91.0 Å². The summed E-state index contributed by atoms with van der Waals surface area (Å²) in [5.74, 6) is 3.08. The summed E-state index contributed by atoms with van der Waals surface area (Å²) in [6.45, 7) is 5.06. The zero-order chi connectivity index (χ0) is 27.4. The highest BCUT2D eigenvalue weighted by atomic mass is 28.4. The minimum atomic E-state index is -2.69. The molecule has 0 heterocycles. The van der Waals surface area contributed by atoms with Crippen LogP contribution in [0.2, 0.25) is 0 Å². The molecule has 0 aromatic heterocycles. The van der Waals surface area contributed by atoms with Gasteiger partial charge in [-0.3, -0.25) is 0 Å². The number of aliphatic hydroxyl groups excluding tert-OH is 1. The van der Waals surface area contributed by atoms with Crippen molar-refractivity contribution in [3.05, 3.63) is 91.0 Å². The molecule has 0 saturated heterocycles. The van der Waals surface area contributed by atoms with Gasteiger partial charge in [-0.15, -0.1) is 0 Å². The highest BCUT2D eigenvalue weighted by Crippen LogP contribution is 2.66. The number of hydrogen-bond donors (Lipinski definition) is 1. The van der Waals surface area contributed by atoms with Gasteiger partial charge in [0.05, 0.1) is 6.10 Å². The standard InChI is InChI=1S/C37H46O2Si/c1-36-24-22-28(26-27(36)18-19-32-33-20-21-35(38)37(33,2)25-23-34(32)36)39-40(29-12-6-3-7-13-29,30-14-8-4-9-15-30)31-16-10-5-11-17-31/h3-17,27-28,32-35,38H,18-26H2,1-2H3/t27-,28-,32-,33-,34-,35-,36-,37-/m0/s1. The zero-order valence-electron chi connectivity index (χ0n) is 24.3. The first kappa shape index (κ1) is 26.7. The van der Waals surface area contributed by atoms with Crippen LogP contribution in [0.1, 0.15) is 71.6 Å². The van der Waals surface area contributed by atoms with Crippen LogP contribution in [0.3, 0.4) is 0 Å². The SMILES string of the molecule is C[C@]12CC[C@H](O[Si](c3ccccc3)(c3ccccc3)c3ccccc3)C[C@@H]1CC[C@@H]1[C@@H]2CC[C@]2(C)[C@@H](O)CC[C@@H]12. The van der Waals surface area contributed by atoms with Gasteiger partial charge < -0.3 is 9.53 Å². The highest BCUT2D eigenvalue weighted by molar-refractivity contribution is 7.07. The van der Waals surface area contributed by atoms with Gasteiger partial charge in [0, 0.05) is 6.10 Å². The van der Waals surface area contributed by atoms with Gasteiger partial charge in [-0.05, 0) is 108 Å². The van der Waals surface area contributed by atoms with E-state index in [1.54, 1.807) is 0 Å². The van der Waals surface area contributed by atoms with Crippen molar-refractivity contribution in [2.45, 2.75) is 83.8 Å². The average molecular weight is 551 g/mol. The lowest BCUT2D eigenvalue weighted by molar-refractivity contribution is -0.131. The Morgan fingerprint density at radius 3 is 1.73 bits per heavy atom. The predicted octanol–water partition coefficient (Wildman–Crippen LogP) is 6.44. The Bertz CT molecular complexity index is 1200. The molecule has 40 heavy (non-hydrogen) atoms. The highest BCUT2D eigenvalue weighted by Gasteiger charge is 2.60. The summed E-state index contributed by atoms with van der Waals surface area (Å²) in [6.07, 6.45) is 11.3. The smallest absolute Gasteiger partial charge is 0.288 e. The Kier molecular flexibility index (Phi) is 6.84. The molecule has 0 spiro atoms. The van der Waals surface area contributed by atoms with E-state index in [1.165, 1.54) is 60.5 Å². The fourth-order valence-corrected chi connectivity index (χ4v) is 14.4. The quantitative estimate of drug-likeness (QED) is 0.293. The first-order valence-electron chi connectivity index (χ1n) is 16.0. The van der Waals surface area contributed by atoms with E-state index in [2.05, 4.69) is 105 Å². The third kappa shape index (κ3) is 4.10. The van der Waals surface area contributed by atoms with E-state index in [9.17, 15) is 5.11 Å². The predicted molar refractivity (Wildman–Crippen MR) is 167 cm³/mol. The van der Waals surface area contributed by atoms with Crippen molar-refractivity contribution >= 4 is 23.9 Å². The van der Waals surface area contributed by atoms with Crippen molar-refractivity contribution in [3.63, 3.8) is 0 Å². The summed E-state index contributed by atoms with van der Waals surface area (Å²) in [5, 5.41) is 14.9. The van der Waals surface area contributed by atoms with Gasteiger partial charge in [0.2, 0.25) is 0 Å². The first-order chi connectivity index (χ1) is 19.4. The second-order valence-corrected chi connectivity index (χ2v) is 17.4. The molecule has 0 radical (unpaired) electrons. The number of aliphatic hydroxyl groups is 1. The molecule has 0 aliphatic heterocycles. The largest absolute Gasteiger partial charge is 0.401 e. The zero-order valence-corrected chi connectivity index (χ0v) is 25.3. The average Bonchev–Trinajstić information content (AvgIpc) is 3.31. The maximum atomic E-state index is 10.9. The molecular formula is C37H46O2Si. The number of rotatable bonds is 5. The van der Waals surface area contributed by atoms with Gasteiger partial charge in [-0.2, -0.15) is 0 Å². The molecule has 1 N–H and O–H groups in total. The van der Waals surface area contributed by atoms with Gasteiger partial charge in [0.1, 0.15) is 0 Å². The first-order valence-corrected chi connectivity index (χ1v) is 17.9. The van der Waals surface area contributed by atoms with E-state index in [0.29, 0.717) is 5.41 Å². The molecule has 7 rings (SSSR count). The van der Waals surface area contributed by atoms with E-state index in [-0.39, 0.29) is 17.6 Å². The second-order valence-electron chi connectivity index (χ2n) is 14.1. The molecule has 4 saturated carbocycles. The fourth-order valence-electron chi connectivity index (χ4n) is 10.3. The minimum absolute atomic E-state index is 0.0832. The maximum Gasteiger partial charge on any atom is 0.288 e. The molecule has 8 atom stereocenters. The van der Waals surface area contributed by atoms with Crippen LogP contribution in [-0.4, -0.2) is 25.6 Å². The Hall–Kier alpha value is -2.20. The lowest BCUT2D eigenvalue weighted by atomic mass is 9.45. The molecule has 3 heteroatoms. The molecule has 4 aliphatic carbocycles. The Morgan fingerprint density at radius 1 is 0.625 bits per heavy atom. The lowest BCUT2D eigenvalue weighted by Gasteiger charge is -2.61. The van der Waals surface area contributed by atoms with Crippen molar-refractivity contribution in [2.75, 3.05) is 0 Å². The normalized spacial score (nSPS) is 37.3. The molecular weight excluding hydrogens is 504 g/mol. The summed E-state index contributed by atoms with van der Waals surface area (Å²) in [6, 6.07) is 33.3. The maximum absolute atomic E-state index is 10.9. The summed E-state index contributed by atoms with van der Waals surface area (Å²) in [5.41, 5.74) is 0.574. The molecule has 4 aliphatic rings. The second kappa shape index (κ2) is 10.3. The van der Waals surface area contributed by atoms with Crippen molar-refractivity contribution < 1.29 is 9.53 Å². The van der Waals surface area contributed by atoms with Crippen LogP contribution in [0.25, 0.3) is 0 Å². The molecule has 0 bridgehead atoms. The van der Waals surface area contributed by atoms with E-state index in [4.69, 9.17) is 4.43 Å². The lowest BCUT2D eigenvalue weighted by Crippen LogP contribution is -2.70. The van der Waals surface area contributed by atoms with Crippen LogP contribution >= 0.6 is 0 Å². The van der Waals surface area contributed by atoms with Gasteiger partial charge in [-0.1, -0.05) is 105 Å². The van der Waals surface area contributed by atoms with Crippen molar-refractivity contribution in [3.8, 4) is 0 Å². The van der Waals surface area contributed by atoms with Crippen molar-refractivity contribution in [1.29, 1.82) is 0 Å². The van der Waals surface area contributed by atoms with Gasteiger partial charge >= 0.3 is 0 Å². The third-order valence-corrected chi connectivity index (χ3v) is 16.6. The van der Waals surface area contributed by atoms with E-state index in [0.717, 1.165) is 36.5 Å². The number of hydrogen-bond acceptors (Lipinski definition) is 2. The molecule has 0 amide bonds. The Morgan fingerprint density at radius 2 is 1.15 bits per heavy atom. The summed E-state index contributed by atoms with van der Waals surface area (Å²) < 4.78 is 7.67. The topological polar surface area (TPSA) is 29.5 Å². The van der Waals surface area contributed by atoms with Gasteiger partial charge in [-0.25, -0.2) is 0 Å². The Labute approximate surface area is 242 Å². The van der Waals surface area contributed by atoms with E-state index < -0.39 is 8.32 Å². The molecule has 0 unspecified atom stereocenters. The minimum Gasteiger partial charge on any atom is -0.401 e.